The van der Waals surface area contributed by atoms with Crippen molar-refractivity contribution < 1.29 is 14.3 Å². The second kappa shape index (κ2) is 6.44. The predicted octanol–water partition coefficient (Wildman–Crippen LogP) is 2.98. The summed E-state index contributed by atoms with van der Waals surface area (Å²) < 4.78 is 10.2. The normalized spacial score (nSPS) is 9.74. The van der Waals surface area contributed by atoms with Crippen LogP contribution in [0, 0.1) is 0 Å². The second-order valence-corrected chi connectivity index (χ2v) is 3.91. The molecule has 0 heterocycles. The molecule has 0 saturated heterocycles. The van der Waals surface area contributed by atoms with Crippen molar-refractivity contribution in [1.82, 2.24) is 5.32 Å². The Morgan fingerprint density at radius 1 is 1.05 bits per heavy atom. The Morgan fingerprint density at radius 2 is 1.79 bits per heavy atom. The van der Waals surface area contributed by atoms with Crippen LogP contribution in [-0.2, 0) is 6.54 Å². The molecule has 1 amide bonds. The maximum atomic E-state index is 11.6. The maximum absolute atomic E-state index is 11.6. The van der Waals surface area contributed by atoms with Crippen LogP contribution < -0.4 is 14.8 Å². The van der Waals surface area contributed by atoms with E-state index in [2.05, 4.69) is 5.32 Å². The van der Waals surface area contributed by atoms with Crippen LogP contribution in [0.4, 0.5) is 4.79 Å². The van der Waals surface area contributed by atoms with E-state index in [1.807, 2.05) is 42.5 Å². The molecular formula is C15H15NO3. The highest BCUT2D eigenvalue weighted by Crippen LogP contribution is 2.12. The van der Waals surface area contributed by atoms with Crippen LogP contribution in [0.15, 0.2) is 54.6 Å². The molecule has 0 aromatic heterocycles. The van der Waals surface area contributed by atoms with Crippen LogP contribution in [0.2, 0.25) is 0 Å². The fourth-order valence-corrected chi connectivity index (χ4v) is 1.59. The zero-order valence-corrected chi connectivity index (χ0v) is 10.6. The first-order chi connectivity index (χ1) is 9.28. The molecule has 2 rings (SSSR count). The molecule has 0 aliphatic heterocycles. The number of methoxy groups -OCH3 is 1. The number of rotatable bonds is 4. The number of ether oxygens (including phenoxy) is 2. The van der Waals surface area contributed by atoms with E-state index in [-0.39, 0.29) is 0 Å². The zero-order valence-electron chi connectivity index (χ0n) is 10.6. The van der Waals surface area contributed by atoms with Gasteiger partial charge in [0, 0.05) is 6.54 Å². The molecule has 0 fully saturated rings. The number of carbonyl (C=O) groups excluding carboxylic acids is 1. The monoisotopic (exact) mass is 257 g/mol. The summed E-state index contributed by atoms with van der Waals surface area (Å²) in [6.45, 7) is 0.392. The maximum Gasteiger partial charge on any atom is 0.412 e. The van der Waals surface area contributed by atoms with Crippen molar-refractivity contribution in [2.75, 3.05) is 7.11 Å². The first-order valence-corrected chi connectivity index (χ1v) is 5.91. The fraction of sp³-hybridized carbons (Fsp3) is 0.133. The number of benzene rings is 2. The van der Waals surface area contributed by atoms with Gasteiger partial charge >= 0.3 is 6.09 Å². The molecule has 0 aliphatic rings. The first-order valence-electron chi connectivity index (χ1n) is 5.91. The molecule has 0 radical (unpaired) electrons. The lowest BCUT2D eigenvalue weighted by atomic mass is 10.2. The molecule has 0 aliphatic carbocycles. The van der Waals surface area contributed by atoms with Crippen molar-refractivity contribution in [3.8, 4) is 11.5 Å². The third-order valence-corrected chi connectivity index (χ3v) is 2.52. The topological polar surface area (TPSA) is 47.6 Å². The van der Waals surface area contributed by atoms with Gasteiger partial charge in [0.15, 0.2) is 0 Å². The lowest BCUT2D eigenvalue weighted by Crippen LogP contribution is -2.26. The van der Waals surface area contributed by atoms with Gasteiger partial charge in [-0.25, -0.2) is 4.79 Å². The van der Waals surface area contributed by atoms with E-state index >= 15 is 0 Å². The molecular weight excluding hydrogens is 242 g/mol. The van der Waals surface area contributed by atoms with Crippen molar-refractivity contribution in [2.45, 2.75) is 6.54 Å². The summed E-state index contributed by atoms with van der Waals surface area (Å²) in [5.74, 6) is 1.28. The Morgan fingerprint density at radius 3 is 2.53 bits per heavy atom. The van der Waals surface area contributed by atoms with Crippen molar-refractivity contribution in [2.24, 2.45) is 0 Å². The van der Waals surface area contributed by atoms with E-state index in [4.69, 9.17) is 9.47 Å². The molecule has 0 spiro atoms. The lowest BCUT2D eigenvalue weighted by Gasteiger charge is -2.07. The van der Waals surface area contributed by atoms with Gasteiger partial charge in [0.1, 0.15) is 11.5 Å². The molecule has 19 heavy (non-hydrogen) atoms. The molecule has 98 valence electrons. The molecule has 2 aromatic carbocycles. The van der Waals surface area contributed by atoms with Crippen LogP contribution in [0.25, 0.3) is 0 Å². The Kier molecular flexibility index (Phi) is 4.39. The Labute approximate surface area is 112 Å². The number of nitrogens with one attached hydrogen (secondary N) is 1. The van der Waals surface area contributed by atoms with Crippen LogP contribution in [-0.4, -0.2) is 13.2 Å². The summed E-state index contributed by atoms with van der Waals surface area (Å²) >= 11 is 0. The SMILES string of the molecule is COc1cccc(CNC(=O)Oc2ccccc2)c1. The molecule has 0 unspecified atom stereocenters. The van der Waals surface area contributed by atoms with Crippen LogP contribution in [0.1, 0.15) is 5.56 Å². The Hall–Kier alpha value is -2.49. The summed E-state index contributed by atoms with van der Waals surface area (Å²) in [5.41, 5.74) is 0.948. The van der Waals surface area contributed by atoms with Crippen LogP contribution in [0.5, 0.6) is 11.5 Å². The average molecular weight is 257 g/mol. The van der Waals surface area contributed by atoms with Gasteiger partial charge in [-0.3, -0.25) is 0 Å². The van der Waals surface area contributed by atoms with Gasteiger partial charge in [-0.05, 0) is 29.8 Å². The molecule has 0 atom stereocenters. The summed E-state index contributed by atoms with van der Waals surface area (Å²) in [6, 6.07) is 16.4. The Balaban J connectivity index is 1.86. The third kappa shape index (κ3) is 4.03. The zero-order chi connectivity index (χ0) is 13.5. The fourth-order valence-electron chi connectivity index (χ4n) is 1.59. The van der Waals surface area contributed by atoms with E-state index in [0.717, 1.165) is 11.3 Å². The standard InChI is InChI=1S/C15H15NO3/c1-18-14-9-5-6-12(10-14)11-16-15(17)19-13-7-3-2-4-8-13/h2-10H,11H2,1H3,(H,16,17). The van der Waals surface area contributed by atoms with Gasteiger partial charge in [-0.1, -0.05) is 30.3 Å². The van der Waals surface area contributed by atoms with E-state index in [9.17, 15) is 4.79 Å². The van der Waals surface area contributed by atoms with Gasteiger partial charge in [0.05, 0.1) is 7.11 Å². The van der Waals surface area contributed by atoms with Crippen molar-refractivity contribution in [3.05, 3.63) is 60.2 Å². The highest BCUT2D eigenvalue weighted by molar-refractivity contribution is 5.70. The minimum atomic E-state index is -0.478. The van der Waals surface area contributed by atoms with E-state index in [1.54, 1.807) is 19.2 Å². The smallest absolute Gasteiger partial charge is 0.412 e. The van der Waals surface area contributed by atoms with Gasteiger partial charge in [-0.2, -0.15) is 0 Å². The quantitative estimate of drug-likeness (QED) is 0.916. The molecule has 0 saturated carbocycles. The number of carbonyl (C=O) groups is 1. The van der Waals surface area contributed by atoms with Gasteiger partial charge in [0.25, 0.3) is 0 Å². The molecule has 2 aromatic rings. The number of amides is 1. The van der Waals surface area contributed by atoms with Gasteiger partial charge in [-0.15, -0.1) is 0 Å². The minimum absolute atomic E-state index is 0.392. The highest BCUT2D eigenvalue weighted by atomic mass is 16.6. The number of hydrogen-bond acceptors (Lipinski definition) is 3. The number of para-hydroxylation sites is 1. The second-order valence-electron chi connectivity index (χ2n) is 3.91. The lowest BCUT2D eigenvalue weighted by molar-refractivity contribution is 0.200. The minimum Gasteiger partial charge on any atom is -0.497 e. The highest BCUT2D eigenvalue weighted by Gasteiger charge is 2.03. The predicted molar refractivity (Wildman–Crippen MR) is 72.3 cm³/mol. The largest absolute Gasteiger partial charge is 0.497 e. The summed E-state index contributed by atoms with van der Waals surface area (Å²) in [7, 11) is 1.61. The molecule has 1 N–H and O–H groups in total. The number of hydrogen-bond donors (Lipinski definition) is 1. The van der Waals surface area contributed by atoms with Crippen molar-refractivity contribution >= 4 is 6.09 Å². The molecule has 4 heteroatoms. The van der Waals surface area contributed by atoms with Crippen molar-refractivity contribution in [3.63, 3.8) is 0 Å². The van der Waals surface area contributed by atoms with Gasteiger partial charge in [0.2, 0.25) is 0 Å². The average Bonchev–Trinajstić information content (AvgIpc) is 2.46. The van der Waals surface area contributed by atoms with E-state index in [1.165, 1.54) is 0 Å². The van der Waals surface area contributed by atoms with E-state index in [0.29, 0.717) is 12.3 Å². The first kappa shape index (κ1) is 13.0. The van der Waals surface area contributed by atoms with Gasteiger partial charge < -0.3 is 14.8 Å². The Bertz CT molecular complexity index is 540. The van der Waals surface area contributed by atoms with E-state index < -0.39 is 6.09 Å². The third-order valence-electron chi connectivity index (χ3n) is 2.52. The van der Waals surface area contributed by atoms with Crippen LogP contribution >= 0.6 is 0 Å². The summed E-state index contributed by atoms with van der Waals surface area (Å²) in [6.07, 6.45) is -0.478. The summed E-state index contributed by atoms with van der Waals surface area (Å²) in [5, 5.41) is 2.68. The van der Waals surface area contributed by atoms with Crippen LogP contribution in [0.3, 0.4) is 0 Å². The summed E-state index contributed by atoms with van der Waals surface area (Å²) in [4.78, 5) is 11.6. The molecule has 4 nitrogen and oxygen atoms in total. The van der Waals surface area contributed by atoms with Crippen molar-refractivity contribution in [1.29, 1.82) is 0 Å². The molecule has 0 bridgehead atoms.